The second kappa shape index (κ2) is 4.98. The summed E-state index contributed by atoms with van der Waals surface area (Å²) in [7, 11) is 0. The Morgan fingerprint density at radius 1 is 1.60 bits per heavy atom. The first-order chi connectivity index (χ1) is 7.04. The zero-order valence-corrected chi connectivity index (χ0v) is 9.19. The molecule has 0 aliphatic carbocycles. The highest BCUT2D eigenvalue weighted by Gasteiger charge is 2.09. The summed E-state index contributed by atoms with van der Waals surface area (Å²) in [4.78, 5) is 11.0. The number of benzene rings is 1. The van der Waals surface area contributed by atoms with E-state index in [2.05, 4.69) is 10.1 Å². The second-order valence-corrected chi connectivity index (χ2v) is 3.33. The molecule has 1 aromatic rings. The topological polar surface area (TPSA) is 38.3 Å². The van der Waals surface area contributed by atoms with Gasteiger partial charge in [0, 0.05) is 5.02 Å². The predicted octanol–water partition coefficient (Wildman–Crippen LogP) is 3.36. The number of hydrogen-bond acceptors (Lipinski definition) is 2. The summed E-state index contributed by atoms with van der Waals surface area (Å²) in [5, 5.41) is 2.61. The maximum Gasteiger partial charge on any atom is 0.411 e. The summed E-state index contributed by atoms with van der Waals surface area (Å²) in [6.07, 6.45) is -0.682. The summed E-state index contributed by atoms with van der Waals surface area (Å²) in [6.45, 7) is 3.63. The fourth-order valence-electron chi connectivity index (χ4n) is 1.03. The van der Waals surface area contributed by atoms with Crippen LogP contribution < -0.4 is 5.32 Å². The van der Waals surface area contributed by atoms with E-state index >= 15 is 0 Å². The number of amides is 1. The lowest BCUT2D eigenvalue weighted by Crippen LogP contribution is -2.14. The Morgan fingerprint density at radius 2 is 2.27 bits per heavy atom. The smallest absolute Gasteiger partial charge is 0.411 e. The van der Waals surface area contributed by atoms with Gasteiger partial charge in [0.25, 0.3) is 0 Å². The lowest BCUT2D eigenvalue weighted by atomic mass is 10.2. The Hall–Kier alpha value is -1.29. The number of carbonyl (C=O) groups excluding carboxylic acids is 1. The van der Waals surface area contributed by atoms with Crippen molar-refractivity contribution in [3.63, 3.8) is 0 Å². The lowest BCUT2D eigenvalue weighted by Gasteiger charge is -2.08. The molecule has 0 aliphatic heterocycles. The van der Waals surface area contributed by atoms with Gasteiger partial charge in [-0.15, -0.1) is 0 Å². The molecule has 1 rings (SSSR count). The van der Waals surface area contributed by atoms with Gasteiger partial charge in [-0.05, 0) is 31.5 Å². The van der Waals surface area contributed by atoms with Gasteiger partial charge in [-0.1, -0.05) is 11.6 Å². The van der Waals surface area contributed by atoms with Crippen LogP contribution in [0.5, 0.6) is 0 Å². The van der Waals surface area contributed by atoms with E-state index in [-0.39, 0.29) is 12.3 Å². The van der Waals surface area contributed by atoms with Crippen LogP contribution in [-0.2, 0) is 4.74 Å². The molecule has 0 bridgehead atoms. The standard InChI is InChI=1S/C10H11ClFNO2/c1-3-15-10(14)13-9-4-6(2)7(11)5-8(9)12/h4-5H,3H2,1-2H3,(H,13,14). The molecule has 0 saturated heterocycles. The molecular formula is C10H11ClFNO2. The quantitative estimate of drug-likeness (QED) is 0.848. The molecule has 1 aromatic carbocycles. The molecule has 1 amide bonds. The molecule has 0 unspecified atom stereocenters. The third kappa shape index (κ3) is 3.09. The molecule has 0 fully saturated rings. The number of ether oxygens (including phenoxy) is 1. The van der Waals surface area contributed by atoms with Gasteiger partial charge < -0.3 is 4.74 Å². The van der Waals surface area contributed by atoms with E-state index in [0.29, 0.717) is 10.6 Å². The number of carbonyl (C=O) groups is 1. The Kier molecular flexibility index (Phi) is 3.91. The van der Waals surface area contributed by atoms with E-state index in [1.165, 1.54) is 6.07 Å². The molecule has 0 saturated carbocycles. The number of anilines is 1. The van der Waals surface area contributed by atoms with Gasteiger partial charge in [0.1, 0.15) is 5.82 Å². The van der Waals surface area contributed by atoms with E-state index in [0.717, 1.165) is 6.07 Å². The van der Waals surface area contributed by atoms with E-state index in [4.69, 9.17) is 11.6 Å². The number of nitrogens with one attached hydrogen (secondary N) is 1. The normalized spacial score (nSPS) is 9.87. The molecule has 0 radical (unpaired) electrons. The Bertz CT molecular complexity index is 382. The summed E-state index contributed by atoms with van der Waals surface area (Å²) in [5.41, 5.74) is 0.750. The van der Waals surface area contributed by atoms with Crippen LogP contribution in [0.2, 0.25) is 5.02 Å². The molecule has 0 atom stereocenters. The van der Waals surface area contributed by atoms with Crippen molar-refractivity contribution in [2.45, 2.75) is 13.8 Å². The number of hydrogen-bond donors (Lipinski definition) is 1. The fraction of sp³-hybridized carbons (Fsp3) is 0.300. The van der Waals surface area contributed by atoms with Crippen molar-refractivity contribution in [1.29, 1.82) is 0 Å². The van der Waals surface area contributed by atoms with Crippen molar-refractivity contribution in [3.05, 3.63) is 28.5 Å². The van der Waals surface area contributed by atoms with Crippen LogP contribution in [0, 0.1) is 12.7 Å². The minimum absolute atomic E-state index is 0.0651. The van der Waals surface area contributed by atoms with Gasteiger partial charge in [0.15, 0.2) is 0 Å². The Balaban J connectivity index is 2.86. The highest BCUT2D eigenvalue weighted by molar-refractivity contribution is 6.31. The first kappa shape index (κ1) is 11.8. The van der Waals surface area contributed by atoms with Crippen molar-refractivity contribution in [1.82, 2.24) is 0 Å². The van der Waals surface area contributed by atoms with E-state index in [9.17, 15) is 9.18 Å². The van der Waals surface area contributed by atoms with Crippen LogP contribution in [0.3, 0.4) is 0 Å². The zero-order valence-electron chi connectivity index (χ0n) is 8.43. The molecule has 0 heterocycles. The van der Waals surface area contributed by atoms with Crippen LogP contribution in [-0.4, -0.2) is 12.7 Å². The predicted molar refractivity (Wildman–Crippen MR) is 56.8 cm³/mol. The molecule has 0 aromatic heterocycles. The summed E-state index contributed by atoms with van der Waals surface area (Å²) in [5.74, 6) is -0.585. The van der Waals surface area contributed by atoms with Crippen LogP contribution in [0.25, 0.3) is 0 Å². The summed E-state index contributed by atoms with van der Waals surface area (Å²) < 4.78 is 17.9. The van der Waals surface area contributed by atoms with Crippen LogP contribution >= 0.6 is 11.6 Å². The van der Waals surface area contributed by atoms with Gasteiger partial charge in [0.05, 0.1) is 12.3 Å². The fourth-order valence-corrected chi connectivity index (χ4v) is 1.18. The number of halogens is 2. The molecular weight excluding hydrogens is 221 g/mol. The van der Waals surface area contributed by atoms with E-state index < -0.39 is 11.9 Å². The molecule has 0 aliphatic rings. The maximum absolute atomic E-state index is 13.3. The first-order valence-corrected chi connectivity index (χ1v) is 4.81. The second-order valence-electron chi connectivity index (χ2n) is 2.93. The van der Waals surface area contributed by atoms with Gasteiger partial charge in [-0.2, -0.15) is 0 Å². The summed E-state index contributed by atoms with van der Waals surface area (Å²) >= 11 is 5.70. The van der Waals surface area contributed by atoms with Crippen molar-refractivity contribution in [2.75, 3.05) is 11.9 Å². The van der Waals surface area contributed by atoms with Gasteiger partial charge in [-0.25, -0.2) is 9.18 Å². The highest BCUT2D eigenvalue weighted by Crippen LogP contribution is 2.23. The van der Waals surface area contributed by atoms with Crippen molar-refractivity contribution in [3.8, 4) is 0 Å². The average Bonchev–Trinajstić information content (AvgIpc) is 2.14. The Labute approximate surface area is 92.2 Å². The van der Waals surface area contributed by atoms with E-state index in [1.807, 2.05) is 0 Å². The van der Waals surface area contributed by atoms with Crippen molar-refractivity contribution >= 4 is 23.4 Å². The Morgan fingerprint density at radius 3 is 2.87 bits per heavy atom. The zero-order chi connectivity index (χ0) is 11.4. The third-order valence-electron chi connectivity index (χ3n) is 1.76. The molecule has 1 N–H and O–H groups in total. The third-order valence-corrected chi connectivity index (χ3v) is 2.17. The lowest BCUT2D eigenvalue weighted by molar-refractivity contribution is 0.168. The minimum Gasteiger partial charge on any atom is -0.450 e. The van der Waals surface area contributed by atoms with Gasteiger partial charge >= 0.3 is 6.09 Å². The van der Waals surface area contributed by atoms with Crippen LogP contribution in [0.1, 0.15) is 12.5 Å². The maximum atomic E-state index is 13.3. The van der Waals surface area contributed by atoms with Gasteiger partial charge in [0.2, 0.25) is 0 Å². The highest BCUT2D eigenvalue weighted by atomic mass is 35.5. The van der Waals surface area contributed by atoms with Crippen molar-refractivity contribution in [2.24, 2.45) is 0 Å². The van der Waals surface area contributed by atoms with Crippen molar-refractivity contribution < 1.29 is 13.9 Å². The van der Waals surface area contributed by atoms with Crippen LogP contribution in [0.15, 0.2) is 12.1 Å². The molecule has 82 valence electrons. The van der Waals surface area contributed by atoms with Crippen LogP contribution in [0.4, 0.5) is 14.9 Å². The number of aryl methyl sites for hydroxylation is 1. The largest absolute Gasteiger partial charge is 0.450 e. The molecule has 5 heteroatoms. The van der Waals surface area contributed by atoms with E-state index in [1.54, 1.807) is 13.8 Å². The monoisotopic (exact) mass is 231 g/mol. The molecule has 15 heavy (non-hydrogen) atoms. The first-order valence-electron chi connectivity index (χ1n) is 4.44. The minimum atomic E-state index is -0.682. The molecule has 0 spiro atoms. The SMILES string of the molecule is CCOC(=O)Nc1cc(C)c(Cl)cc1F. The molecule has 3 nitrogen and oxygen atoms in total. The summed E-state index contributed by atoms with van der Waals surface area (Å²) in [6, 6.07) is 2.60. The van der Waals surface area contributed by atoms with Gasteiger partial charge in [-0.3, -0.25) is 5.32 Å². The number of rotatable bonds is 2. The average molecular weight is 232 g/mol.